The van der Waals surface area contributed by atoms with Crippen LogP contribution in [0.2, 0.25) is 0 Å². The van der Waals surface area contributed by atoms with Crippen LogP contribution >= 0.6 is 0 Å². The SMILES string of the molecule is C[C@H]1OC(=O)C(CC2CC2)N(C)C(=O)COC(=O)C(CC2CC2)N(C)C(=O)COC(=O)[C@H](CC2CC2)N(C)C(=O)COC(=O)[C@H](CC2CC2)N(C)C1=O.Cc1ccc(N2CCOCC2)cc1.Cc1ccc(N2CCOCC2)cc1. The van der Waals surface area contributed by atoms with Crippen molar-refractivity contribution < 1.29 is 66.8 Å². The lowest BCUT2D eigenvalue weighted by Gasteiger charge is -2.31. The van der Waals surface area contributed by atoms with E-state index in [0.29, 0.717) is 0 Å². The molecule has 4 amide bonds. The van der Waals surface area contributed by atoms with Gasteiger partial charge < -0.3 is 57.8 Å². The van der Waals surface area contributed by atoms with E-state index in [2.05, 4.69) is 72.2 Å². The summed E-state index contributed by atoms with van der Waals surface area (Å²) in [5.41, 5.74) is 5.26. The van der Waals surface area contributed by atoms with Gasteiger partial charge >= 0.3 is 23.9 Å². The first kappa shape index (κ1) is 60.4. The van der Waals surface area contributed by atoms with Gasteiger partial charge in [-0.3, -0.25) is 19.2 Å². The van der Waals surface area contributed by atoms with Crippen LogP contribution < -0.4 is 9.80 Å². The monoisotopic (exact) mass is 1100 g/mol. The number of hydrogen-bond donors (Lipinski definition) is 0. The summed E-state index contributed by atoms with van der Waals surface area (Å²) in [5, 5.41) is 0. The molecule has 20 heteroatoms. The van der Waals surface area contributed by atoms with E-state index in [1.165, 1.54) is 57.6 Å². The number of carbonyl (C=O) groups excluding carboxylic acids is 8. The first-order valence-electron chi connectivity index (χ1n) is 28.4. The fourth-order valence-electron chi connectivity index (χ4n) is 9.74. The van der Waals surface area contributed by atoms with Gasteiger partial charge in [0.25, 0.3) is 23.6 Å². The molecule has 3 aliphatic heterocycles. The van der Waals surface area contributed by atoms with E-state index < -0.39 is 97.6 Å². The molecule has 7 fully saturated rings. The lowest BCUT2D eigenvalue weighted by Crippen LogP contribution is -2.51. The maximum absolute atomic E-state index is 13.6. The highest BCUT2D eigenvalue weighted by Crippen LogP contribution is 2.38. The molecule has 0 aromatic heterocycles. The Bertz CT molecular complexity index is 2310. The van der Waals surface area contributed by atoms with Gasteiger partial charge in [0.15, 0.2) is 25.9 Å². The topological polar surface area (TPSA) is 211 Å². The van der Waals surface area contributed by atoms with Crippen molar-refractivity contribution in [2.75, 3.05) is 110 Å². The van der Waals surface area contributed by atoms with Gasteiger partial charge in [0, 0.05) is 65.7 Å². The van der Waals surface area contributed by atoms with E-state index in [9.17, 15) is 38.4 Å². The second-order valence-electron chi connectivity index (χ2n) is 22.5. The number of likely N-dealkylation sites (N-methyl/N-ethyl adjacent to an activating group) is 4. The largest absolute Gasteiger partial charge is 0.454 e. The van der Waals surface area contributed by atoms with Crippen molar-refractivity contribution in [3.8, 4) is 0 Å². The number of rotatable bonds is 10. The van der Waals surface area contributed by atoms with E-state index in [1.807, 2.05) is 0 Å². The number of aryl methyl sites for hydroxylation is 2. The van der Waals surface area contributed by atoms with Crippen LogP contribution in [0, 0.1) is 37.5 Å². The van der Waals surface area contributed by atoms with Crippen molar-refractivity contribution in [2.24, 2.45) is 23.7 Å². The summed E-state index contributed by atoms with van der Waals surface area (Å²) in [4.78, 5) is 117. The van der Waals surface area contributed by atoms with Crippen molar-refractivity contribution in [1.82, 2.24) is 19.6 Å². The van der Waals surface area contributed by atoms with Crippen LogP contribution in [0.5, 0.6) is 0 Å². The zero-order valence-electron chi connectivity index (χ0n) is 47.5. The molecule has 0 spiro atoms. The average molecular weight is 1100 g/mol. The van der Waals surface area contributed by atoms with Crippen molar-refractivity contribution in [3.63, 3.8) is 0 Å². The summed E-state index contributed by atoms with van der Waals surface area (Å²) in [5.74, 6) is -5.24. The molecule has 2 aromatic rings. The van der Waals surface area contributed by atoms with Crippen LogP contribution in [-0.4, -0.2) is 198 Å². The van der Waals surface area contributed by atoms with Gasteiger partial charge in [-0.1, -0.05) is 86.8 Å². The van der Waals surface area contributed by atoms with Crippen LogP contribution in [0.25, 0.3) is 0 Å². The van der Waals surface area contributed by atoms with Crippen LogP contribution in [0.15, 0.2) is 48.5 Å². The third kappa shape index (κ3) is 18.7. The zero-order chi connectivity index (χ0) is 56.8. The summed E-state index contributed by atoms with van der Waals surface area (Å²) in [6.07, 6.45) is 6.73. The van der Waals surface area contributed by atoms with Crippen molar-refractivity contribution >= 4 is 58.9 Å². The van der Waals surface area contributed by atoms with E-state index in [4.69, 9.17) is 28.4 Å². The number of nitrogens with zero attached hydrogens (tertiary/aromatic N) is 6. The van der Waals surface area contributed by atoms with Gasteiger partial charge in [-0.25, -0.2) is 19.2 Å². The molecule has 0 radical (unpaired) electrons. The molecule has 20 nitrogen and oxygen atoms in total. The number of carbonyl (C=O) groups is 8. The first-order chi connectivity index (χ1) is 37.9. The molecule has 0 bridgehead atoms. The fourth-order valence-corrected chi connectivity index (χ4v) is 9.74. The van der Waals surface area contributed by atoms with Gasteiger partial charge in [-0.05, 0) is 94.4 Å². The minimum absolute atomic E-state index is 0.172. The third-order valence-corrected chi connectivity index (χ3v) is 16.0. The highest BCUT2D eigenvalue weighted by molar-refractivity contribution is 5.92. The van der Waals surface area contributed by atoms with Gasteiger partial charge in [-0.15, -0.1) is 0 Å². The number of esters is 4. The van der Waals surface area contributed by atoms with Gasteiger partial charge in [0.1, 0.15) is 24.2 Å². The van der Waals surface area contributed by atoms with E-state index in [0.717, 1.165) is 124 Å². The number of morpholine rings is 2. The van der Waals surface area contributed by atoms with Gasteiger partial charge in [0.2, 0.25) is 0 Å². The number of cyclic esters (lactones) is 4. The lowest BCUT2D eigenvalue weighted by molar-refractivity contribution is -0.170. The maximum atomic E-state index is 13.6. The van der Waals surface area contributed by atoms with Crippen LogP contribution in [-0.2, 0) is 66.8 Å². The molecule has 3 heterocycles. The summed E-state index contributed by atoms with van der Waals surface area (Å²) in [6.45, 7) is 11.0. The third-order valence-electron chi connectivity index (χ3n) is 16.0. The summed E-state index contributed by atoms with van der Waals surface area (Å²) >= 11 is 0. The summed E-state index contributed by atoms with van der Waals surface area (Å²) < 4.78 is 32.5. The zero-order valence-corrected chi connectivity index (χ0v) is 47.5. The standard InChI is InChI=1S/C37H54N4O12.2C11H15NO/c1-21-33(45)41(5)28(16-24-10-11-24)36(48)52-19-31(43)39(3)26(14-22-6-7-22)34(46)50-18-30(42)38(2)27(15-23-8-9-23)35(47)51-20-32(44)40(4)29(37(49)53-21)17-25-12-13-25;2*1-10-2-4-11(5-3-10)12-6-8-13-9-7-12/h21-29H,6-20H2,1-5H3;2*2-5H,6-9H2,1H3/t21-,26+,27?,28+,29?;;/m1../s1. The van der Waals surface area contributed by atoms with Gasteiger partial charge in [-0.2, -0.15) is 0 Å². The van der Waals surface area contributed by atoms with Crippen molar-refractivity contribution in [1.29, 1.82) is 0 Å². The molecule has 9 rings (SSSR count). The lowest BCUT2D eigenvalue weighted by atomic mass is 10.1. The molecule has 2 unspecified atom stereocenters. The molecule has 4 aliphatic carbocycles. The smallest absolute Gasteiger partial charge is 0.329 e. The molecule has 434 valence electrons. The quantitative estimate of drug-likeness (QED) is 0.233. The molecule has 3 saturated heterocycles. The Morgan fingerprint density at radius 1 is 0.405 bits per heavy atom. The van der Waals surface area contributed by atoms with Crippen molar-refractivity contribution in [3.05, 3.63) is 59.7 Å². The number of amides is 4. The van der Waals surface area contributed by atoms with E-state index >= 15 is 0 Å². The molecule has 7 aliphatic rings. The normalized spacial score (nSPS) is 25.9. The second kappa shape index (κ2) is 28.7. The predicted molar refractivity (Wildman–Crippen MR) is 292 cm³/mol. The fraction of sp³-hybridized carbons (Fsp3) is 0.661. The molecule has 2 aromatic carbocycles. The molecular formula is C59H84N6O14. The minimum Gasteiger partial charge on any atom is -0.454 e. The minimum atomic E-state index is -1.33. The Balaban J connectivity index is 0.000000278. The van der Waals surface area contributed by atoms with Crippen LogP contribution in [0.3, 0.4) is 0 Å². The number of ether oxygens (including phenoxy) is 6. The molecule has 79 heavy (non-hydrogen) atoms. The molecule has 5 atom stereocenters. The summed E-state index contributed by atoms with van der Waals surface area (Å²) in [7, 11) is 5.59. The molecular weight excluding hydrogens is 1020 g/mol. The molecule has 0 N–H and O–H groups in total. The first-order valence-corrected chi connectivity index (χ1v) is 28.4. The highest BCUT2D eigenvalue weighted by Gasteiger charge is 2.42. The second-order valence-corrected chi connectivity index (χ2v) is 22.5. The van der Waals surface area contributed by atoms with Crippen LogP contribution in [0.1, 0.15) is 95.1 Å². The Kier molecular flexibility index (Phi) is 22.0. The Morgan fingerprint density at radius 2 is 0.684 bits per heavy atom. The average Bonchev–Trinajstić information content (AvgIpc) is 4.21. The van der Waals surface area contributed by atoms with E-state index in [-0.39, 0.29) is 49.4 Å². The Morgan fingerprint density at radius 3 is 0.975 bits per heavy atom. The van der Waals surface area contributed by atoms with Crippen molar-refractivity contribution in [2.45, 2.75) is 128 Å². The van der Waals surface area contributed by atoms with Gasteiger partial charge in [0.05, 0.1) is 26.4 Å². The Hall–Kier alpha value is -6.28. The Labute approximate surface area is 465 Å². The highest BCUT2D eigenvalue weighted by atomic mass is 16.6. The predicted octanol–water partition coefficient (Wildman–Crippen LogP) is 4.73. The van der Waals surface area contributed by atoms with Crippen LogP contribution in [0.4, 0.5) is 11.4 Å². The number of benzene rings is 2. The number of anilines is 2. The maximum Gasteiger partial charge on any atom is 0.329 e. The summed E-state index contributed by atoms with van der Waals surface area (Å²) in [6, 6.07) is 13.1. The molecule has 4 saturated carbocycles. The van der Waals surface area contributed by atoms with E-state index in [1.54, 1.807) is 0 Å². The number of hydrogen-bond acceptors (Lipinski definition) is 16.